The molecule has 21 heavy (non-hydrogen) atoms. The number of nitrogens with one attached hydrogen (secondary N) is 1. The Hall–Kier alpha value is -1.39. The minimum Gasteiger partial charge on any atom is -0.372 e. The van der Waals surface area contributed by atoms with Crippen LogP contribution in [-0.4, -0.2) is 43.7 Å². The molecule has 1 saturated heterocycles. The highest BCUT2D eigenvalue weighted by Crippen LogP contribution is 2.24. The lowest BCUT2D eigenvalue weighted by Gasteiger charge is -2.38. The topological polar surface area (TPSA) is 41.6 Å². The van der Waals surface area contributed by atoms with Gasteiger partial charge in [0.2, 0.25) is 0 Å². The fourth-order valence-electron chi connectivity index (χ4n) is 2.87. The van der Waals surface area contributed by atoms with Gasteiger partial charge in [-0.25, -0.2) is 0 Å². The summed E-state index contributed by atoms with van der Waals surface area (Å²) in [7, 11) is 1.61. The van der Waals surface area contributed by atoms with Gasteiger partial charge in [-0.05, 0) is 24.0 Å². The van der Waals surface area contributed by atoms with E-state index in [4.69, 9.17) is 4.74 Å². The SMILES string of the molecule is CCc1ccc(C2CNCCN2C(=O)C(CC)OC)cc1. The van der Waals surface area contributed by atoms with Crippen LogP contribution in [0.15, 0.2) is 24.3 Å². The number of nitrogens with zero attached hydrogens (tertiary/aromatic N) is 1. The summed E-state index contributed by atoms with van der Waals surface area (Å²) in [6.07, 6.45) is 1.41. The van der Waals surface area contributed by atoms with Crippen molar-refractivity contribution in [2.45, 2.75) is 38.8 Å². The second-order valence-corrected chi connectivity index (χ2v) is 5.48. The average molecular weight is 290 g/mol. The Morgan fingerprint density at radius 2 is 2.10 bits per heavy atom. The van der Waals surface area contributed by atoms with E-state index < -0.39 is 0 Å². The summed E-state index contributed by atoms with van der Waals surface area (Å²) in [6, 6.07) is 8.69. The van der Waals surface area contributed by atoms with E-state index in [2.05, 4.69) is 36.5 Å². The smallest absolute Gasteiger partial charge is 0.252 e. The quantitative estimate of drug-likeness (QED) is 0.903. The fourth-order valence-corrected chi connectivity index (χ4v) is 2.87. The predicted molar refractivity (Wildman–Crippen MR) is 84.2 cm³/mol. The molecule has 2 atom stereocenters. The molecule has 1 heterocycles. The van der Waals surface area contributed by atoms with Gasteiger partial charge in [0.15, 0.2) is 0 Å². The third-order valence-corrected chi connectivity index (χ3v) is 4.23. The molecule has 0 bridgehead atoms. The lowest BCUT2D eigenvalue weighted by atomic mass is 10.00. The monoisotopic (exact) mass is 290 g/mol. The summed E-state index contributed by atoms with van der Waals surface area (Å²) < 4.78 is 5.32. The van der Waals surface area contributed by atoms with E-state index in [1.165, 1.54) is 11.1 Å². The molecule has 0 spiro atoms. The molecule has 1 aromatic rings. The van der Waals surface area contributed by atoms with Gasteiger partial charge in [0.25, 0.3) is 5.91 Å². The number of hydrogen-bond acceptors (Lipinski definition) is 3. The second kappa shape index (κ2) is 7.57. The number of benzene rings is 1. The predicted octanol–water partition coefficient (Wildman–Crippen LogP) is 2.15. The number of aryl methyl sites for hydroxylation is 1. The summed E-state index contributed by atoms with van der Waals surface area (Å²) in [5.41, 5.74) is 2.52. The molecular weight excluding hydrogens is 264 g/mol. The third kappa shape index (κ3) is 3.63. The van der Waals surface area contributed by atoms with Gasteiger partial charge < -0.3 is 15.0 Å². The fraction of sp³-hybridized carbons (Fsp3) is 0.588. The van der Waals surface area contributed by atoms with Crippen molar-refractivity contribution in [1.82, 2.24) is 10.2 Å². The van der Waals surface area contributed by atoms with Crippen LogP contribution in [0.5, 0.6) is 0 Å². The molecule has 1 N–H and O–H groups in total. The normalized spacial score (nSPS) is 20.3. The zero-order chi connectivity index (χ0) is 15.2. The molecular formula is C17H26N2O2. The van der Waals surface area contributed by atoms with Gasteiger partial charge in [-0.2, -0.15) is 0 Å². The molecule has 0 radical (unpaired) electrons. The zero-order valence-electron chi connectivity index (χ0n) is 13.3. The largest absolute Gasteiger partial charge is 0.372 e. The zero-order valence-corrected chi connectivity index (χ0v) is 13.3. The Labute approximate surface area is 127 Å². The van der Waals surface area contributed by atoms with Gasteiger partial charge in [-0.1, -0.05) is 38.1 Å². The number of ether oxygens (including phenoxy) is 1. The third-order valence-electron chi connectivity index (χ3n) is 4.23. The Kier molecular flexibility index (Phi) is 5.76. The molecule has 0 saturated carbocycles. The van der Waals surface area contributed by atoms with E-state index in [9.17, 15) is 4.79 Å². The maximum Gasteiger partial charge on any atom is 0.252 e. The standard InChI is InChI=1S/C17H26N2O2/c1-4-13-6-8-14(9-7-13)15-12-18-10-11-19(15)17(20)16(5-2)21-3/h6-9,15-16,18H,4-5,10-12H2,1-3H3. The van der Waals surface area contributed by atoms with Gasteiger partial charge in [-0.15, -0.1) is 0 Å². The lowest BCUT2D eigenvalue weighted by Crippen LogP contribution is -2.51. The summed E-state index contributed by atoms with van der Waals surface area (Å²) >= 11 is 0. The number of amides is 1. The van der Waals surface area contributed by atoms with Crippen LogP contribution in [0.3, 0.4) is 0 Å². The van der Waals surface area contributed by atoms with Crippen molar-refractivity contribution in [3.63, 3.8) is 0 Å². The van der Waals surface area contributed by atoms with E-state index in [0.717, 1.165) is 26.1 Å². The van der Waals surface area contributed by atoms with E-state index in [0.29, 0.717) is 6.42 Å². The van der Waals surface area contributed by atoms with Gasteiger partial charge >= 0.3 is 0 Å². The van der Waals surface area contributed by atoms with Gasteiger partial charge in [0, 0.05) is 26.7 Å². The van der Waals surface area contributed by atoms with Crippen LogP contribution >= 0.6 is 0 Å². The molecule has 1 aliphatic rings. The molecule has 116 valence electrons. The molecule has 1 amide bonds. The first-order valence-electron chi connectivity index (χ1n) is 7.84. The van der Waals surface area contributed by atoms with E-state index >= 15 is 0 Å². The summed E-state index contributed by atoms with van der Waals surface area (Å²) in [6.45, 7) is 6.52. The highest BCUT2D eigenvalue weighted by molar-refractivity contribution is 5.81. The van der Waals surface area contributed by atoms with Crippen LogP contribution in [0, 0.1) is 0 Å². The molecule has 0 aliphatic carbocycles. The molecule has 2 rings (SSSR count). The first-order valence-corrected chi connectivity index (χ1v) is 7.84. The van der Waals surface area contributed by atoms with Gasteiger partial charge in [0.05, 0.1) is 6.04 Å². The summed E-state index contributed by atoms with van der Waals surface area (Å²) in [5, 5.41) is 3.39. The van der Waals surface area contributed by atoms with Crippen molar-refractivity contribution in [3.05, 3.63) is 35.4 Å². The Morgan fingerprint density at radius 3 is 2.67 bits per heavy atom. The highest BCUT2D eigenvalue weighted by atomic mass is 16.5. The lowest BCUT2D eigenvalue weighted by molar-refractivity contribution is -0.145. The summed E-state index contributed by atoms with van der Waals surface area (Å²) in [4.78, 5) is 14.6. The van der Waals surface area contributed by atoms with Crippen LogP contribution in [0.25, 0.3) is 0 Å². The minimum absolute atomic E-state index is 0.0985. The molecule has 1 fully saturated rings. The van der Waals surface area contributed by atoms with Crippen molar-refractivity contribution in [1.29, 1.82) is 0 Å². The number of methoxy groups -OCH3 is 1. The van der Waals surface area contributed by atoms with Crippen LogP contribution in [-0.2, 0) is 16.0 Å². The van der Waals surface area contributed by atoms with Crippen molar-refractivity contribution in [2.24, 2.45) is 0 Å². The van der Waals surface area contributed by atoms with Crippen molar-refractivity contribution in [3.8, 4) is 0 Å². The van der Waals surface area contributed by atoms with Crippen molar-refractivity contribution < 1.29 is 9.53 Å². The van der Waals surface area contributed by atoms with Crippen LogP contribution in [0.1, 0.15) is 37.4 Å². The number of hydrogen-bond donors (Lipinski definition) is 1. The van der Waals surface area contributed by atoms with Crippen LogP contribution in [0.4, 0.5) is 0 Å². The molecule has 2 unspecified atom stereocenters. The van der Waals surface area contributed by atoms with Crippen molar-refractivity contribution >= 4 is 5.91 Å². The number of piperazine rings is 1. The van der Waals surface area contributed by atoms with E-state index in [1.807, 2.05) is 11.8 Å². The first-order chi connectivity index (χ1) is 10.2. The van der Waals surface area contributed by atoms with Crippen molar-refractivity contribution in [2.75, 3.05) is 26.7 Å². The number of carbonyl (C=O) groups is 1. The maximum absolute atomic E-state index is 12.6. The maximum atomic E-state index is 12.6. The first kappa shape index (κ1) is 16.0. The molecule has 1 aromatic carbocycles. The Morgan fingerprint density at radius 1 is 1.38 bits per heavy atom. The van der Waals surface area contributed by atoms with Crippen LogP contribution < -0.4 is 5.32 Å². The highest BCUT2D eigenvalue weighted by Gasteiger charge is 2.31. The molecule has 4 heteroatoms. The second-order valence-electron chi connectivity index (χ2n) is 5.48. The molecule has 1 aliphatic heterocycles. The minimum atomic E-state index is -0.333. The average Bonchev–Trinajstić information content (AvgIpc) is 2.56. The van der Waals surface area contributed by atoms with Gasteiger partial charge in [0.1, 0.15) is 6.10 Å². The van der Waals surface area contributed by atoms with Crippen LogP contribution in [0.2, 0.25) is 0 Å². The molecule has 0 aromatic heterocycles. The number of rotatable bonds is 5. The van der Waals surface area contributed by atoms with E-state index in [-0.39, 0.29) is 18.1 Å². The summed E-state index contributed by atoms with van der Waals surface area (Å²) in [5.74, 6) is 0.103. The van der Waals surface area contributed by atoms with Gasteiger partial charge in [-0.3, -0.25) is 4.79 Å². The Bertz CT molecular complexity index is 454. The Balaban J connectivity index is 2.19. The number of carbonyl (C=O) groups excluding carboxylic acids is 1. The molecule has 4 nitrogen and oxygen atoms in total. The van der Waals surface area contributed by atoms with E-state index in [1.54, 1.807) is 7.11 Å².